The molecular formula is C26H28N4O4. The Morgan fingerprint density at radius 2 is 1.41 bits per heavy atom. The number of ether oxygens (including phenoxy) is 1. The first-order chi connectivity index (χ1) is 16.5. The van der Waals surface area contributed by atoms with Crippen LogP contribution < -0.4 is 10.6 Å². The van der Waals surface area contributed by atoms with Crippen molar-refractivity contribution in [2.24, 2.45) is 0 Å². The number of allylic oxidation sites excluding steroid dienone is 2. The third-order valence-corrected chi connectivity index (χ3v) is 4.53. The van der Waals surface area contributed by atoms with E-state index in [0.717, 1.165) is 11.1 Å². The van der Waals surface area contributed by atoms with Gasteiger partial charge in [0.25, 0.3) is 0 Å². The van der Waals surface area contributed by atoms with Crippen LogP contribution in [0.4, 0.5) is 0 Å². The van der Waals surface area contributed by atoms with Gasteiger partial charge in [-0.2, -0.15) is 5.26 Å². The third-order valence-electron chi connectivity index (χ3n) is 4.53. The Bertz CT molecular complexity index is 986. The summed E-state index contributed by atoms with van der Waals surface area (Å²) in [5.74, 6) is -1.29. The van der Waals surface area contributed by atoms with E-state index in [1.807, 2.05) is 60.7 Å². The van der Waals surface area contributed by atoms with Gasteiger partial charge in [0.05, 0.1) is 19.7 Å². The Kier molecular flexibility index (Phi) is 11.1. The minimum atomic E-state index is -0.734. The molecule has 0 atom stereocenters. The average Bonchev–Trinajstić information content (AvgIpc) is 2.85. The number of nitrogens with one attached hydrogen (secondary N) is 2. The second-order valence-corrected chi connectivity index (χ2v) is 7.18. The van der Waals surface area contributed by atoms with Crippen LogP contribution in [0.5, 0.6) is 0 Å². The number of carbonyl (C=O) groups excluding carboxylic acids is 3. The van der Waals surface area contributed by atoms with Gasteiger partial charge in [0.15, 0.2) is 0 Å². The molecule has 2 rings (SSSR count). The Balaban J connectivity index is 2.02. The second-order valence-electron chi connectivity index (χ2n) is 7.18. The lowest BCUT2D eigenvalue weighted by atomic mass is 10.2. The summed E-state index contributed by atoms with van der Waals surface area (Å²) in [6.07, 6.45) is 4.21. The average molecular weight is 461 g/mol. The SMILES string of the molecule is CCOC(=O)C(C#N)=CC=CN(CC(=O)NCc1ccccc1)CC(=O)NCc1ccccc1. The molecule has 8 heteroatoms. The van der Waals surface area contributed by atoms with E-state index in [0.29, 0.717) is 13.1 Å². The number of rotatable bonds is 12. The van der Waals surface area contributed by atoms with Gasteiger partial charge >= 0.3 is 5.97 Å². The fourth-order valence-electron chi connectivity index (χ4n) is 2.86. The number of amides is 2. The molecule has 2 aromatic carbocycles. The molecule has 8 nitrogen and oxygen atoms in total. The minimum Gasteiger partial charge on any atom is -0.462 e. The van der Waals surface area contributed by atoms with E-state index in [2.05, 4.69) is 10.6 Å². The van der Waals surface area contributed by atoms with E-state index in [1.54, 1.807) is 13.0 Å². The summed E-state index contributed by atoms with van der Waals surface area (Å²) in [4.78, 5) is 38.2. The number of hydrogen-bond acceptors (Lipinski definition) is 6. The molecule has 0 spiro atoms. The smallest absolute Gasteiger partial charge is 0.348 e. The largest absolute Gasteiger partial charge is 0.462 e. The fraction of sp³-hybridized carbons (Fsp3) is 0.231. The highest BCUT2D eigenvalue weighted by Crippen LogP contribution is 2.01. The Hall–Kier alpha value is -4.38. The van der Waals surface area contributed by atoms with Gasteiger partial charge in [-0.05, 0) is 30.2 Å². The summed E-state index contributed by atoms with van der Waals surface area (Å²) in [6.45, 7) is 2.34. The van der Waals surface area contributed by atoms with Gasteiger partial charge in [-0.25, -0.2) is 4.79 Å². The predicted molar refractivity (Wildman–Crippen MR) is 128 cm³/mol. The number of carbonyl (C=O) groups is 3. The summed E-state index contributed by atoms with van der Waals surface area (Å²) in [5, 5.41) is 14.8. The zero-order valence-electron chi connectivity index (χ0n) is 19.1. The van der Waals surface area contributed by atoms with Crippen LogP contribution in [0.3, 0.4) is 0 Å². The maximum Gasteiger partial charge on any atom is 0.348 e. The summed E-state index contributed by atoms with van der Waals surface area (Å²) in [6, 6.07) is 20.7. The number of esters is 1. The molecule has 0 unspecified atom stereocenters. The molecular weight excluding hydrogens is 432 g/mol. The van der Waals surface area contributed by atoms with E-state index in [9.17, 15) is 14.4 Å². The van der Waals surface area contributed by atoms with Crippen molar-refractivity contribution < 1.29 is 19.1 Å². The topological polar surface area (TPSA) is 112 Å². The van der Waals surface area contributed by atoms with Crippen molar-refractivity contribution in [3.8, 4) is 6.07 Å². The van der Waals surface area contributed by atoms with Crippen LogP contribution in [-0.4, -0.2) is 42.4 Å². The van der Waals surface area contributed by atoms with Gasteiger partial charge in [0.2, 0.25) is 11.8 Å². The quantitative estimate of drug-likeness (QED) is 0.218. The highest BCUT2D eigenvalue weighted by atomic mass is 16.5. The van der Waals surface area contributed by atoms with Gasteiger partial charge in [0.1, 0.15) is 11.6 Å². The zero-order valence-corrected chi connectivity index (χ0v) is 19.1. The molecule has 0 aromatic heterocycles. The highest BCUT2D eigenvalue weighted by molar-refractivity contribution is 5.93. The van der Waals surface area contributed by atoms with Crippen LogP contribution in [0.25, 0.3) is 0 Å². The van der Waals surface area contributed by atoms with Crippen molar-refractivity contribution in [3.05, 3.63) is 95.7 Å². The van der Waals surface area contributed by atoms with E-state index in [-0.39, 0.29) is 37.1 Å². The summed E-state index contributed by atoms with van der Waals surface area (Å²) in [7, 11) is 0. The number of nitrogens with zero attached hydrogens (tertiary/aromatic N) is 2. The third kappa shape index (κ3) is 9.83. The molecule has 0 aliphatic carbocycles. The summed E-state index contributed by atoms with van der Waals surface area (Å²) in [5.41, 5.74) is 1.73. The van der Waals surface area contributed by atoms with Crippen LogP contribution in [0.15, 0.2) is 84.6 Å². The highest BCUT2D eigenvalue weighted by Gasteiger charge is 2.12. The lowest BCUT2D eigenvalue weighted by Crippen LogP contribution is -2.40. The Morgan fingerprint density at radius 1 is 0.912 bits per heavy atom. The van der Waals surface area contributed by atoms with Crippen LogP contribution in [0, 0.1) is 11.3 Å². The normalized spacial score (nSPS) is 10.9. The lowest BCUT2D eigenvalue weighted by Gasteiger charge is -2.19. The fourth-order valence-corrected chi connectivity index (χ4v) is 2.86. The first kappa shape index (κ1) is 25.9. The van der Waals surface area contributed by atoms with Gasteiger partial charge in [0, 0.05) is 19.3 Å². The molecule has 0 aliphatic rings. The van der Waals surface area contributed by atoms with E-state index >= 15 is 0 Å². The molecule has 0 bridgehead atoms. The molecule has 0 heterocycles. The molecule has 2 amide bonds. The van der Waals surface area contributed by atoms with Crippen LogP contribution in [0.2, 0.25) is 0 Å². The first-order valence-corrected chi connectivity index (χ1v) is 10.8. The van der Waals surface area contributed by atoms with Crippen molar-refractivity contribution in [2.75, 3.05) is 19.7 Å². The molecule has 0 saturated carbocycles. The Labute approximate surface area is 199 Å². The maximum atomic E-state index is 12.5. The Morgan fingerprint density at radius 3 is 1.85 bits per heavy atom. The van der Waals surface area contributed by atoms with E-state index in [4.69, 9.17) is 10.00 Å². The first-order valence-electron chi connectivity index (χ1n) is 10.8. The van der Waals surface area contributed by atoms with Crippen LogP contribution in [0.1, 0.15) is 18.1 Å². The molecule has 176 valence electrons. The number of hydrogen-bond donors (Lipinski definition) is 2. The van der Waals surface area contributed by atoms with Gasteiger partial charge in [-0.15, -0.1) is 0 Å². The standard InChI is InChI=1S/C26H28N4O4/c1-2-34-26(33)23(16-27)14-9-15-30(19-24(31)28-17-21-10-5-3-6-11-21)20-25(32)29-18-22-12-7-4-8-13-22/h3-15H,2,17-20H2,1H3,(H,28,31)(H,29,32). The molecule has 2 aromatic rings. The molecule has 2 N–H and O–H groups in total. The zero-order chi connectivity index (χ0) is 24.6. The van der Waals surface area contributed by atoms with E-state index in [1.165, 1.54) is 23.3 Å². The molecule has 0 radical (unpaired) electrons. The molecule has 0 fully saturated rings. The maximum absolute atomic E-state index is 12.5. The van der Waals surface area contributed by atoms with Crippen molar-refractivity contribution in [3.63, 3.8) is 0 Å². The molecule has 0 aliphatic heterocycles. The molecule has 0 saturated heterocycles. The van der Waals surface area contributed by atoms with Gasteiger partial charge in [-0.1, -0.05) is 60.7 Å². The second kappa shape index (κ2) is 14.6. The number of benzene rings is 2. The predicted octanol–water partition coefficient (Wildman–Crippen LogP) is 2.45. The van der Waals surface area contributed by atoms with Crippen molar-refractivity contribution in [1.82, 2.24) is 15.5 Å². The van der Waals surface area contributed by atoms with Gasteiger partial charge in [-0.3, -0.25) is 9.59 Å². The summed E-state index contributed by atoms with van der Waals surface area (Å²) >= 11 is 0. The summed E-state index contributed by atoms with van der Waals surface area (Å²) < 4.78 is 4.82. The minimum absolute atomic E-state index is 0.0861. The monoisotopic (exact) mass is 460 g/mol. The van der Waals surface area contributed by atoms with Gasteiger partial charge < -0.3 is 20.3 Å². The lowest BCUT2D eigenvalue weighted by molar-refractivity contribution is -0.138. The van der Waals surface area contributed by atoms with Crippen LogP contribution in [-0.2, 0) is 32.2 Å². The van der Waals surface area contributed by atoms with E-state index < -0.39 is 5.97 Å². The van der Waals surface area contributed by atoms with Crippen LogP contribution >= 0.6 is 0 Å². The van der Waals surface area contributed by atoms with Crippen molar-refractivity contribution in [1.29, 1.82) is 5.26 Å². The molecule has 34 heavy (non-hydrogen) atoms. The van der Waals surface area contributed by atoms with Crippen molar-refractivity contribution in [2.45, 2.75) is 20.0 Å². The number of nitriles is 1. The van der Waals surface area contributed by atoms with Crippen molar-refractivity contribution >= 4 is 17.8 Å².